The first-order valence-corrected chi connectivity index (χ1v) is 8.62. The smallest absolute Gasteiger partial charge is 0.343 e. The molecule has 1 aromatic carbocycles. The molecule has 0 saturated carbocycles. The van der Waals surface area contributed by atoms with Gasteiger partial charge in [-0.05, 0) is 38.3 Å². The molecule has 1 amide bonds. The zero-order valence-electron chi connectivity index (χ0n) is 15.7. The number of hydrogen-bond acceptors (Lipinski definition) is 5. The Kier molecular flexibility index (Phi) is 6.77. The predicted molar refractivity (Wildman–Crippen MR) is 98.4 cm³/mol. The van der Waals surface area contributed by atoms with Crippen molar-refractivity contribution in [2.45, 2.75) is 33.6 Å². The predicted octanol–water partition coefficient (Wildman–Crippen LogP) is 3.01. The van der Waals surface area contributed by atoms with E-state index in [1.807, 2.05) is 32.0 Å². The van der Waals surface area contributed by atoms with Crippen LogP contribution in [0.5, 0.6) is 5.75 Å². The van der Waals surface area contributed by atoms with Gasteiger partial charge in [-0.3, -0.25) is 9.48 Å². The number of amides is 1. The van der Waals surface area contributed by atoms with Crippen molar-refractivity contribution in [1.82, 2.24) is 9.78 Å². The first-order chi connectivity index (χ1) is 12.4. The number of nitrogens with one attached hydrogen (secondary N) is 1. The summed E-state index contributed by atoms with van der Waals surface area (Å²) < 4.78 is 12.2. The van der Waals surface area contributed by atoms with Gasteiger partial charge in [-0.25, -0.2) is 4.79 Å². The average molecular weight is 359 g/mol. The van der Waals surface area contributed by atoms with Gasteiger partial charge in [-0.15, -0.1) is 0 Å². The third-order valence-electron chi connectivity index (χ3n) is 3.90. The monoisotopic (exact) mass is 359 g/mol. The van der Waals surface area contributed by atoms with Gasteiger partial charge in [0, 0.05) is 13.5 Å². The summed E-state index contributed by atoms with van der Waals surface area (Å²) in [7, 11) is 1.66. The zero-order valence-corrected chi connectivity index (χ0v) is 15.7. The van der Waals surface area contributed by atoms with E-state index < -0.39 is 5.97 Å². The maximum atomic E-state index is 12.2. The minimum Gasteiger partial charge on any atom is -0.493 e. The van der Waals surface area contributed by atoms with Crippen LogP contribution < -0.4 is 10.1 Å². The van der Waals surface area contributed by atoms with Crippen LogP contribution >= 0.6 is 0 Å². The lowest BCUT2D eigenvalue weighted by atomic mass is 10.1. The SMILES string of the molecule is CCOC(=O)c1cnn(C)c1NC(=O)CCCOc1c(C)cccc1C. The largest absolute Gasteiger partial charge is 0.493 e. The van der Waals surface area contributed by atoms with Crippen molar-refractivity contribution in [3.63, 3.8) is 0 Å². The molecule has 0 unspecified atom stereocenters. The van der Waals surface area contributed by atoms with Crippen molar-refractivity contribution in [3.8, 4) is 5.75 Å². The van der Waals surface area contributed by atoms with Gasteiger partial charge in [-0.2, -0.15) is 5.10 Å². The van der Waals surface area contributed by atoms with Crippen LogP contribution in [0.15, 0.2) is 24.4 Å². The number of aromatic nitrogens is 2. The summed E-state index contributed by atoms with van der Waals surface area (Å²) in [5.74, 6) is 0.492. The first-order valence-electron chi connectivity index (χ1n) is 8.62. The molecular weight excluding hydrogens is 334 g/mol. The summed E-state index contributed by atoms with van der Waals surface area (Å²) in [5, 5.41) is 6.73. The Labute approximate surface area is 153 Å². The van der Waals surface area contributed by atoms with Crippen LogP contribution in [0.4, 0.5) is 5.82 Å². The first kappa shape index (κ1) is 19.5. The molecule has 1 heterocycles. The van der Waals surface area contributed by atoms with E-state index in [0.717, 1.165) is 16.9 Å². The third kappa shape index (κ3) is 4.84. The number of aryl methyl sites for hydroxylation is 3. The number of benzene rings is 1. The highest BCUT2D eigenvalue weighted by Crippen LogP contribution is 2.22. The van der Waals surface area contributed by atoms with E-state index >= 15 is 0 Å². The van der Waals surface area contributed by atoms with Gasteiger partial charge in [0.1, 0.15) is 17.1 Å². The topological polar surface area (TPSA) is 82.5 Å². The summed E-state index contributed by atoms with van der Waals surface area (Å²) in [4.78, 5) is 24.1. The lowest BCUT2D eigenvalue weighted by Gasteiger charge is -2.12. The van der Waals surface area contributed by atoms with Gasteiger partial charge >= 0.3 is 5.97 Å². The van der Waals surface area contributed by atoms with Gasteiger partial charge < -0.3 is 14.8 Å². The standard InChI is InChI=1S/C19H25N3O4/c1-5-25-19(24)15-12-20-22(4)18(15)21-16(23)10-7-11-26-17-13(2)8-6-9-14(17)3/h6,8-9,12H,5,7,10-11H2,1-4H3,(H,21,23). The van der Waals surface area contributed by atoms with Gasteiger partial charge in [-0.1, -0.05) is 18.2 Å². The molecular formula is C19H25N3O4. The number of para-hydroxylation sites is 1. The molecule has 0 fully saturated rings. The van der Waals surface area contributed by atoms with Gasteiger partial charge in [0.2, 0.25) is 5.91 Å². The fraction of sp³-hybridized carbons (Fsp3) is 0.421. The second-order valence-electron chi connectivity index (χ2n) is 5.97. The van der Waals surface area contributed by atoms with Crippen molar-refractivity contribution in [2.24, 2.45) is 7.05 Å². The number of anilines is 1. The second-order valence-corrected chi connectivity index (χ2v) is 5.97. The molecule has 1 N–H and O–H groups in total. The molecule has 0 atom stereocenters. The maximum absolute atomic E-state index is 12.2. The highest BCUT2D eigenvalue weighted by molar-refractivity contribution is 6.00. The highest BCUT2D eigenvalue weighted by atomic mass is 16.5. The second kappa shape index (κ2) is 9.03. The molecule has 2 aromatic rings. The summed E-state index contributed by atoms with van der Waals surface area (Å²) in [6.07, 6.45) is 2.22. The number of nitrogens with zero attached hydrogens (tertiary/aromatic N) is 2. The Morgan fingerprint density at radius 3 is 2.58 bits per heavy atom. The number of esters is 1. The Balaban J connectivity index is 1.86. The normalized spacial score (nSPS) is 10.5. The number of carbonyl (C=O) groups excluding carboxylic acids is 2. The van der Waals surface area contributed by atoms with E-state index in [4.69, 9.17) is 9.47 Å². The van der Waals surface area contributed by atoms with Crippen LogP contribution in [-0.4, -0.2) is 34.9 Å². The molecule has 7 heteroatoms. The van der Waals surface area contributed by atoms with Crippen molar-refractivity contribution >= 4 is 17.7 Å². The van der Waals surface area contributed by atoms with E-state index in [9.17, 15) is 9.59 Å². The van der Waals surface area contributed by atoms with E-state index in [1.165, 1.54) is 10.9 Å². The van der Waals surface area contributed by atoms with Crippen molar-refractivity contribution in [1.29, 1.82) is 0 Å². The van der Waals surface area contributed by atoms with E-state index in [2.05, 4.69) is 10.4 Å². The summed E-state index contributed by atoms with van der Waals surface area (Å²) >= 11 is 0. The highest BCUT2D eigenvalue weighted by Gasteiger charge is 2.19. The number of rotatable bonds is 8. The molecule has 0 bridgehead atoms. The Hall–Kier alpha value is -2.83. The Bertz CT molecular complexity index is 763. The van der Waals surface area contributed by atoms with Crippen LogP contribution in [0.1, 0.15) is 41.3 Å². The molecule has 0 saturated heterocycles. The van der Waals surface area contributed by atoms with Crippen molar-refractivity contribution < 1.29 is 19.1 Å². The quantitative estimate of drug-likeness (QED) is 0.579. The van der Waals surface area contributed by atoms with E-state index in [-0.39, 0.29) is 24.5 Å². The van der Waals surface area contributed by atoms with Crippen LogP contribution in [-0.2, 0) is 16.6 Å². The number of hydrogen-bond donors (Lipinski definition) is 1. The Morgan fingerprint density at radius 2 is 1.92 bits per heavy atom. The third-order valence-corrected chi connectivity index (χ3v) is 3.90. The van der Waals surface area contributed by atoms with Crippen LogP contribution in [0.25, 0.3) is 0 Å². The summed E-state index contributed by atoms with van der Waals surface area (Å²) in [6.45, 7) is 6.41. The minimum absolute atomic E-state index is 0.204. The fourth-order valence-electron chi connectivity index (χ4n) is 2.57. The van der Waals surface area contributed by atoms with Gasteiger partial charge in [0.05, 0.1) is 19.4 Å². The molecule has 2 rings (SSSR count). The molecule has 0 aliphatic heterocycles. The molecule has 0 spiro atoms. The Morgan fingerprint density at radius 1 is 1.23 bits per heavy atom. The molecule has 140 valence electrons. The molecule has 0 radical (unpaired) electrons. The van der Waals surface area contributed by atoms with E-state index in [0.29, 0.717) is 18.8 Å². The van der Waals surface area contributed by atoms with E-state index in [1.54, 1.807) is 14.0 Å². The fourth-order valence-corrected chi connectivity index (χ4v) is 2.57. The molecule has 0 aliphatic rings. The van der Waals surface area contributed by atoms with Gasteiger partial charge in [0.15, 0.2) is 0 Å². The van der Waals surface area contributed by atoms with Crippen LogP contribution in [0.2, 0.25) is 0 Å². The number of ether oxygens (including phenoxy) is 2. The van der Waals surface area contributed by atoms with Gasteiger partial charge in [0.25, 0.3) is 0 Å². The molecule has 0 aliphatic carbocycles. The molecule has 7 nitrogen and oxygen atoms in total. The molecule has 1 aromatic heterocycles. The summed E-state index contributed by atoms with van der Waals surface area (Å²) in [5.41, 5.74) is 2.39. The van der Waals surface area contributed by atoms with Crippen molar-refractivity contribution in [2.75, 3.05) is 18.5 Å². The lowest BCUT2D eigenvalue weighted by Crippen LogP contribution is -2.18. The summed E-state index contributed by atoms with van der Waals surface area (Å²) in [6, 6.07) is 5.97. The van der Waals surface area contributed by atoms with Crippen LogP contribution in [0.3, 0.4) is 0 Å². The average Bonchev–Trinajstić information content (AvgIpc) is 2.95. The van der Waals surface area contributed by atoms with Crippen molar-refractivity contribution in [3.05, 3.63) is 41.1 Å². The minimum atomic E-state index is -0.505. The zero-order chi connectivity index (χ0) is 19.1. The van der Waals surface area contributed by atoms with Crippen LogP contribution in [0, 0.1) is 13.8 Å². The number of carbonyl (C=O) groups is 2. The molecule has 26 heavy (non-hydrogen) atoms. The maximum Gasteiger partial charge on any atom is 0.343 e. The lowest BCUT2D eigenvalue weighted by molar-refractivity contribution is -0.116.